The molecule has 0 saturated heterocycles. The quantitative estimate of drug-likeness (QED) is 0.764. The number of H-pyrrole nitrogens is 1. The van der Waals surface area contributed by atoms with E-state index in [1.54, 1.807) is 24.3 Å². The molecule has 3 N–H and O–H groups in total. The Bertz CT molecular complexity index is 595. The van der Waals surface area contributed by atoms with Crippen molar-refractivity contribution in [3.8, 4) is 0 Å². The average molecular weight is 274 g/mol. The minimum Gasteiger partial charge on any atom is -0.375 e. The number of hydrogen-bond acceptors (Lipinski definition) is 4. The van der Waals surface area contributed by atoms with Gasteiger partial charge in [-0.3, -0.25) is 14.7 Å². The van der Waals surface area contributed by atoms with Gasteiger partial charge in [-0.1, -0.05) is 6.07 Å². The highest BCUT2D eigenvalue weighted by Crippen LogP contribution is 2.15. The van der Waals surface area contributed by atoms with Crippen molar-refractivity contribution in [1.29, 1.82) is 0 Å². The van der Waals surface area contributed by atoms with Crippen LogP contribution in [0.15, 0.2) is 36.7 Å². The smallest absolute Gasteiger partial charge is 0.258 e. The van der Waals surface area contributed by atoms with E-state index in [0.717, 1.165) is 0 Å². The Balaban J connectivity index is 2.02. The summed E-state index contributed by atoms with van der Waals surface area (Å²) in [6.07, 6.45) is 2.93. The highest BCUT2D eigenvalue weighted by atomic mass is 16.5. The SMILES string of the molecule is COCC(=O)Nc1cccc(NC(=O)c2cn[nH]c2)c1. The van der Waals surface area contributed by atoms with Crippen molar-refractivity contribution in [2.45, 2.75) is 0 Å². The summed E-state index contributed by atoms with van der Waals surface area (Å²) in [5, 5.41) is 11.6. The van der Waals surface area contributed by atoms with Crippen LogP contribution >= 0.6 is 0 Å². The number of aromatic amines is 1. The number of nitrogens with one attached hydrogen (secondary N) is 3. The Kier molecular flexibility index (Phi) is 4.46. The van der Waals surface area contributed by atoms with Crippen LogP contribution in [-0.2, 0) is 9.53 Å². The molecule has 0 atom stereocenters. The Labute approximate surface area is 115 Å². The van der Waals surface area contributed by atoms with Crippen molar-refractivity contribution in [3.63, 3.8) is 0 Å². The summed E-state index contributed by atoms with van der Waals surface area (Å²) in [7, 11) is 1.45. The van der Waals surface area contributed by atoms with Gasteiger partial charge in [-0.25, -0.2) is 0 Å². The third kappa shape index (κ3) is 3.66. The van der Waals surface area contributed by atoms with E-state index in [4.69, 9.17) is 4.74 Å². The van der Waals surface area contributed by atoms with Crippen molar-refractivity contribution in [2.75, 3.05) is 24.4 Å². The van der Waals surface area contributed by atoms with Crippen molar-refractivity contribution in [1.82, 2.24) is 10.2 Å². The van der Waals surface area contributed by atoms with E-state index >= 15 is 0 Å². The topological polar surface area (TPSA) is 96.1 Å². The molecule has 0 aliphatic carbocycles. The molecule has 1 heterocycles. The predicted octanol–water partition coefficient (Wildman–Crippen LogP) is 1.25. The molecule has 7 heteroatoms. The molecule has 2 aromatic rings. The first-order valence-corrected chi connectivity index (χ1v) is 5.88. The molecule has 0 aliphatic rings. The minimum absolute atomic E-state index is 0.0222. The Morgan fingerprint density at radius 3 is 2.70 bits per heavy atom. The molecule has 20 heavy (non-hydrogen) atoms. The van der Waals surface area contributed by atoms with E-state index in [1.165, 1.54) is 19.5 Å². The van der Waals surface area contributed by atoms with Crippen LogP contribution in [0.25, 0.3) is 0 Å². The summed E-state index contributed by atoms with van der Waals surface area (Å²) >= 11 is 0. The van der Waals surface area contributed by atoms with Gasteiger partial charge in [0.15, 0.2) is 0 Å². The molecule has 0 bridgehead atoms. The third-order valence-electron chi connectivity index (χ3n) is 2.44. The van der Waals surface area contributed by atoms with Crippen LogP contribution in [0.1, 0.15) is 10.4 Å². The number of rotatable bonds is 5. The summed E-state index contributed by atoms with van der Waals surface area (Å²) in [5.74, 6) is -0.537. The maximum absolute atomic E-state index is 11.8. The highest BCUT2D eigenvalue weighted by Gasteiger charge is 2.08. The maximum Gasteiger partial charge on any atom is 0.258 e. The summed E-state index contributed by atoms with van der Waals surface area (Å²) < 4.78 is 4.73. The Morgan fingerprint density at radius 2 is 2.05 bits per heavy atom. The van der Waals surface area contributed by atoms with Gasteiger partial charge in [0, 0.05) is 24.7 Å². The van der Waals surface area contributed by atoms with Gasteiger partial charge >= 0.3 is 0 Å². The summed E-state index contributed by atoms with van der Waals surface area (Å²) in [5.41, 5.74) is 1.59. The second-order valence-corrected chi connectivity index (χ2v) is 4.00. The molecule has 7 nitrogen and oxygen atoms in total. The van der Waals surface area contributed by atoms with E-state index in [9.17, 15) is 9.59 Å². The molecule has 0 unspecified atom stereocenters. The van der Waals surface area contributed by atoms with Crippen LogP contribution in [0.2, 0.25) is 0 Å². The number of amides is 2. The van der Waals surface area contributed by atoms with E-state index in [-0.39, 0.29) is 18.4 Å². The van der Waals surface area contributed by atoms with Crippen LogP contribution in [0, 0.1) is 0 Å². The lowest BCUT2D eigenvalue weighted by molar-refractivity contribution is -0.119. The van der Waals surface area contributed by atoms with Crippen LogP contribution in [0.4, 0.5) is 11.4 Å². The van der Waals surface area contributed by atoms with Gasteiger partial charge in [0.1, 0.15) is 6.61 Å². The lowest BCUT2D eigenvalue weighted by Crippen LogP contribution is -2.17. The first-order chi connectivity index (χ1) is 9.69. The largest absolute Gasteiger partial charge is 0.375 e. The van der Waals surface area contributed by atoms with Crippen LogP contribution in [0.5, 0.6) is 0 Å². The molecule has 2 rings (SSSR count). The third-order valence-corrected chi connectivity index (χ3v) is 2.44. The number of carbonyl (C=O) groups excluding carboxylic acids is 2. The van der Waals surface area contributed by atoms with Gasteiger partial charge in [0.25, 0.3) is 5.91 Å². The van der Waals surface area contributed by atoms with Gasteiger partial charge in [0.05, 0.1) is 11.8 Å². The van der Waals surface area contributed by atoms with Gasteiger partial charge < -0.3 is 15.4 Å². The Hall–Kier alpha value is -2.67. The van der Waals surface area contributed by atoms with Crippen LogP contribution in [-0.4, -0.2) is 35.7 Å². The first-order valence-electron chi connectivity index (χ1n) is 5.88. The summed E-state index contributed by atoms with van der Waals surface area (Å²) in [4.78, 5) is 23.2. The van der Waals surface area contributed by atoms with Gasteiger partial charge in [0.2, 0.25) is 5.91 Å². The molecule has 0 saturated carbocycles. The molecule has 0 spiro atoms. The lowest BCUT2D eigenvalue weighted by atomic mass is 10.2. The second kappa shape index (κ2) is 6.48. The summed E-state index contributed by atoms with van der Waals surface area (Å²) in [6, 6.07) is 6.84. The minimum atomic E-state index is -0.279. The number of ether oxygens (including phenoxy) is 1. The van der Waals surface area contributed by atoms with E-state index in [0.29, 0.717) is 16.9 Å². The zero-order valence-electron chi connectivity index (χ0n) is 10.8. The molecule has 2 amide bonds. The molecule has 0 aliphatic heterocycles. The van der Waals surface area contributed by atoms with Gasteiger partial charge in [-0.2, -0.15) is 5.10 Å². The fraction of sp³-hybridized carbons (Fsp3) is 0.154. The Morgan fingerprint density at radius 1 is 1.30 bits per heavy atom. The molecular weight excluding hydrogens is 260 g/mol. The van der Waals surface area contributed by atoms with Crippen molar-refractivity contribution < 1.29 is 14.3 Å². The van der Waals surface area contributed by atoms with Crippen molar-refractivity contribution in [2.24, 2.45) is 0 Å². The fourth-order valence-corrected chi connectivity index (χ4v) is 1.58. The fourth-order valence-electron chi connectivity index (χ4n) is 1.58. The highest BCUT2D eigenvalue weighted by molar-refractivity contribution is 6.04. The molecular formula is C13H14N4O3. The number of carbonyl (C=O) groups is 2. The molecule has 104 valence electrons. The summed E-state index contributed by atoms with van der Waals surface area (Å²) in [6.45, 7) is -0.0222. The molecule has 0 radical (unpaired) electrons. The van der Waals surface area contributed by atoms with Gasteiger partial charge in [-0.05, 0) is 18.2 Å². The zero-order valence-corrected chi connectivity index (χ0v) is 10.8. The normalized spacial score (nSPS) is 10.1. The number of hydrogen-bond donors (Lipinski definition) is 3. The molecule has 1 aromatic carbocycles. The van der Waals surface area contributed by atoms with Crippen LogP contribution < -0.4 is 10.6 Å². The first kappa shape index (κ1) is 13.8. The lowest BCUT2D eigenvalue weighted by Gasteiger charge is -2.08. The zero-order chi connectivity index (χ0) is 14.4. The molecule has 1 aromatic heterocycles. The average Bonchev–Trinajstić information content (AvgIpc) is 2.93. The van der Waals surface area contributed by atoms with E-state index < -0.39 is 0 Å². The number of methoxy groups -OCH3 is 1. The standard InChI is InChI=1S/C13H14N4O3/c1-20-8-12(18)16-10-3-2-4-11(5-10)17-13(19)9-6-14-15-7-9/h2-7H,8H2,1H3,(H,14,15)(H,16,18)(H,17,19). The van der Waals surface area contributed by atoms with Crippen molar-refractivity contribution in [3.05, 3.63) is 42.2 Å². The number of aromatic nitrogens is 2. The maximum atomic E-state index is 11.8. The number of benzene rings is 1. The molecule has 0 fully saturated rings. The second-order valence-electron chi connectivity index (χ2n) is 4.00. The van der Waals surface area contributed by atoms with E-state index in [1.807, 2.05) is 0 Å². The van der Waals surface area contributed by atoms with Crippen LogP contribution in [0.3, 0.4) is 0 Å². The monoisotopic (exact) mass is 274 g/mol. The van der Waals surface area contributed by atoms with E-state index in [2.05, 4.69) is 20.8 Å². The van der Waals surface area contributed by atoms with Crippen molar-refractivity contribution >= 4 is 23.2 Å². The predicted molar refractivity (Wildman–Crippen MR) is 73.5 cm³/mol. The number of nitrogens with zero attached hydrogens (tertiary/aromatic N) is 1. The number of anilines is 2. The van der Waals surface area contributed by atoms with Gasteiger partial charge in [-0.15, -0.1) is 0 Å².